The lowest BCUT2D eigenvalue weighted by atomic mass is 10.1. The third-order valence-corrected chi connectivity index (χ3v) is 2.12. The summed E-state index contributed by atoms with van der Waals surface area (Å²) >= 11 is 0. The number of terminal acetylenes is 1. The maximum Gasteiger partial charge on any atom is 0.146 e. The van der Waals surface area contributed by atoms with Crippen molar-refractivity contribution in [2.24, 2.45) is 0 Å². The van der Waals surface area contributed by atoms with E-state index in [2.05, 4.69) is 12.8 Å². The molecule has 2 heteroatoms. The van der Waals surface area contributed by atoms with Crippen LogP contribution in [0, 0.1) is 12.3 Å². The Balaban J connectivity index is 2.84. The summed E-state index contributed by atoms with van der Waals surface area (Å²) in [6.45, 7) is 4.16. The molecular weight excluding hydrogens is 188 g/mol. The van der Waals surface area contributed by atoms with Crippen molar-refractivity contribution in [3.8, 4) is 12.3 Å². The van der Waals surface area contributed by atoms with Crippen LogP contribution in [0.1, 0.15) is 51.9 Å². The maximum atomic E-state index is 5.31. The summed E-state index contributed by atoms with van der Waals surface area (Å²) in [7, 11) is 0. The normalized spacial score (nSPS) is 10.1. The minimum absolute atomic E-state index is 0.449. The smallest absolute Gasteiger partial charge is 0.146 e. The zero-order valence-corrected chi connectivity index (χ0v) is 9.96. The van der Waals surface area contributed by atoms with E-state index in [1.807, 2.05) is 0 Å². The van der Waals surface area contributed by atoms with Gasteiger partial charge in [0, 0.05) is 19.6 Å². The van der Waals surface area contributed by atoms with Gasteiger partial charge in [-0.05, 0) is 19.3 Å². The molecule has 88 valence electrons. The Kier molecular flexibility index (Phi) is 13.0. The highest BCUT2D eigenvalue weighted by atomic mass is 16.7. The molecule has 0 saturated heterocycles. The maximum absolute atomic E-state index is 5.31. The predicted molar refractivity (Wildman–Crippen MR) is 63.6 cm³/mol. The van der Waals surface area contributed by atoms with E-state index in [1.165, 1.54) is 19.3 Å². The molecule has 0 aliphatic heterocycles. The highest BCUT2D eigenvalue weighted by molar-refractivity contribution is 4.82. The molecule has 0 bridgehead atoms. The van der Waals surface area contributed by atoms with E-state index < -0.39 is 0 Å². The summed E-state index contributed by atoms with van der Waals surface area (Å²) < 4.78 is 10.5. The average molecular weight is 212 g/mol. The zero-order chi connectivity index (χ0) is 11.2. The number of hydrogen-bond acceptors (Lipinski definition) is 2. The van der Waals surface area contributed by atoms with Gasteiger partial charge in [0.1, 0.15) is 6.79 Å². The topological polar surface area (TPSA) is 18.5 Å². The Morgan fingerprint density at radius 1 is 0.933 bits per heavy atom. The number of unbranched alkanes of at least 4 members (excludes halogenated alkanes) is 5. The summed E-state index contributed by atoms with van der Waals surface area (Å²) in [5.74, 6) is 2.66. The van der Waals surface area contributed by atoms with Crippen molar-refractivity contribution in [2.45, 2.75) is 51.9 Å². The first-order valence-electron chi connectivity index (χ1n) is 6.00. The molecule has 0 aliphatic rings. The molecule has 0 atom stereocenters. The second-order valence-electron chi connectivity index (χ2n) is 3.66. The van der Waals surface area contributed by atoms with Crippen molar-refractivity contribution in [1.29, 1.82) is 0 Å². The molecule has 0 radical (unpaired) electrons. The van der Waals surface area contributed by atoms with Gasteiger partial charge in [-0.25, -0.2) is 0 Å². The fourth-order valence-corrected chi connectivity index (χ4v) is 1.28. The molecule has 15 heavy (non-hydrogen) atoms. The molecule has 0 aliphatic carbocycles. The van der Waals surface area contributed by atoms with Crippen molar-refractivity contribution in [1.82, 2.24) is 0 Å². The largest absolute Gasteiger partial charge is 0.355 e. The van der Waals surface area contributed by atoms with Gasteiger partial charge in [0.05, 0.1) is 0 Å². The third-order valence-electron chi connectivity index (χ3n) is 2.12. The van der Waals surface area contributed by atoms with Gasteiger partial charge in [0.25, 0.3) is 0 Å². The van der Waals surface area contributed by atoms with Gasteiger partial charge in [-0.3, -0.25) is 0 Å². The first kappa shape index (κ1) is 14.5. The molecule has 0 heterocycles. The molecule has 0 amide bonds. The van der Waals surface area contributed by atoms with Gasteiger partial charge in [0.2, 0.25) is 0 Å². The SMILES string of the molecule is C#CCCCCCCCOCOCCC. The van der Waals surface area contributed by atoms with E-state index in [0.717, 1.165) is 38.9 Å². The lowest BCUT2D eigenvalue weighted by molar-refractivity contribution is -0.0543. The molecule has 0 unspecified atom stereocenters. The molecule has 0 aromatic rings. The third kappa shape index (κ3) is 13.5. The van der Waals surface area contributed by atoms with E-state index in [-0.39, 0.29) is 0 Å². The summed E-state index contributed by atoms with van der Waals surface area (Å²) in [6, 6.07) is 0. The van der Waals surface area contributed by atoms with Crippen LogP contribution < -0.4 is 0 Å². The lowest BCUT2D eigenvalue weighted by Crippen LogP contribution is -2.02. The monoisotopic (exact) mass is 212 g/mol. The number of hydrogen-bond donors (Lipinski definition) is 0. The van der Waals surface area contributed by atoms with Crippen LogP contribution in [0.2, 0.25) is 0 Å². The number of ether oxygens (including phenoxy) is 2. The van der Waals surface area contributed by atoms with E-state index >= 15 is 0 Å². The summed E-state index contributed by atoms with van der Waals surface area (Å²) in [6.07, 6.45) is 13.2. The first-order chi connectivity index (χ1) is 7.41. The molecule has 0 aromatic carbocycles. The minimum atomic E-state index is 0.449. The molecular formula is C13H24O2. The summed E-state index contributed by atoms with van der Waals surface area (Å²) in [5.41, 5.74) is 0. The molecule has 0 aromatic heterocycles. The zero-order valence-electron chi connectivity index (χ0n) is 9.96. The van der Waals surface area contributed by atoms with Crippen LogP contribution in [0.5, 0.6) is 0 Å². The summed E-state index contributed by atoms with van der Waals surface area (Å²) in [5, 5.41) is 0. The summed E-state index contributed by atoms with van der Waals surface area (Å²) in [4.78, 5) is 0. The second kappa shape index (κ2) is 13.5. The van der Waals surface area contributed by atoms with Crippen LogP contribution in [0.15, 0.2) is 0 Å². The molecule has 0 fully saturated rings. The minimum Gasteiger partial charge on any atom is -0.355 e. The Morgan fingerprint density at radius 2 is 1.60 bits per heavy atom. The molecule has 0 saturated carbocycles. The van der Waals surface area contributed by atoms with Gasteiger partial charge in [-0.1, -0.05) is 26.2 Å². The van der Waals surface area contributed by atoms with E-state index in [0.29, 0.717) is 6.79 Å². The van der Waals surface area contributed by atoms with Crippen molar-refractivity contribution in [3.05, 3.63) is 0 Å². The van der Waals surface area contributed by atoms with Gasteiger partial charge in [0.15, 0.2) is 0 Å². The van der Waals surface area contributed by atoms with E-state index in [4.69, 9.17) is 15.9 Å². The Morgan fingerprint density at radius 3 is 2.33 bits per heavy atom. The lowest BCUT2D eigenvalue weighted by Gasteiger charge is -2.04. The average Bonchev–Trinajstić information content (AvgIpc) is 2.26. The Labute approximate surface area is 94.3 Å². The van der Waals surface area contributed by atoms with Gasteiger partial charge in [-0.2, -0.15) is 0 Å². The van der Waals surface area contributed by atoms with E-state index in [1.54, 1.807) is 0 Å². The molecule has 0 N–H and O–H groups in total. The van der Waals surface area contributed by atoms with Crippen LogP contribution >= 0.6 is 0 Å². The van der Waals surface area contributed by atoms with Crippen LogP contribution in [0.3, 0.4) is 0 Å². The van der Waals surface area contributed by atoms with Crippen LogP contribution in [-0.2, 0) is 9.47 Å². The fraction of sp³-hybridized carbons (Fsp3) is 0.846. The molecule has 0 rings (SSSR count). The standard InChI is InChI=1S/C13H24O2/c1-3-5-6-7-8-9-10-12-15-13-14-11-4-2/h1H,4-13H2,2H3. The van der Waals surface area contributed by atoms with Gasteiger partial charge >= 0.3 is 0 Å². The highest BCUT2D eigenvalue weighted by Crippen LogP contribution is 2.04. The van der Waals surface area contributed by atoms with Gasteiger partial charge < -0.3 is 9.47 Å². The second-order valence-corrected chi connectivity index (χ2v) is 3.66. The van der Waals surface area contributed by atoms with E-state index in [9.17, 15) is 0 Å². The van der Waals surface area contributed by atoms with Crippen molar-refractivity contribution < 1.29 is 9.47 Å². The predicted octanol–water partition coefficient (Wildman–Crippen LogP) is 3.36. The van der Waals surface area contributed by atoms with Crippen molar-refractivity contribution in [3.63, 3.8) is 0 Å². The first-order valence-corrected chi connectivity index (χ1v) is 6.00. The molecule has 2 nitrogen and oxygen atoms in total. The Hall–Kier alpha value is -0.520. The van der Waals surface area contributed by atoms with Crippen LogP contribution in [-0.4, -0.2) is 20.0 Å². The Bertz CT molecular complexity index is 149. The van der Waals surface area contributed by atoms with Crippen molar-refractivity contribution >= 4 is 0 Å². The quantitative estimate of drug-likeness (QED) is 0.297. The number of rotatable bonds is 11. The highest BCUT2D eigenvalue weighted by Gasteiger charge is 1.91. The van der Waals surface area contributed by atoms with Gasteiger partial charge in [-0.15, -0.1) is 12.3 Å². The fourth-order valence-electron chi connectivity index (χ4n) is 1.28. The van der Waals surface area contributed by atoms with Crippen molar-refractivity contribution in [2.75, 3.05) is 20.0 Å². The molecule has 0 spiro atoms. The van der Waals surface area contributed by atoms with Crippen LogP contribution in [0.25, 0.3) is 0 Å². The van der Waals surface area contributed by atoms with Crippen LogP contribution in [0.4, 0.5) is 0 Å².